The average Bonchev–Trinajstić information content (AvgIpc) is 2.75. The van der Waals surface area contributed by atoms with E-state index in [2.05, 4.69) is 4.74 Å². The highest BCUT2D eigenvalue weighted by molar-refractivity contribution is 5.70. The van der Waals surface area contributed by atoms with Crippen molar-refractivity contribution in [3.63, 3.8) is 0 Å². The van der Waals surface area contributed by atoms with Crippen LogP contribution in [-0.2, 0) is 16.0 Å². The highest BCUT2D eigenvalue weighted by atomic mass is 16.5. The molecular weight excluding hydrogens is 262 g/mol. The predicted molar refractivity (Wildman–Crippen MR) is 85.3 cm³/mol. The molecule has 1 aliphatic heterocycles. The van der Waals surface area contributed by atoms with E-state index in [9.17, 15) is 4.79 Å². The number of carbonyl (C=O) groups excluding carboxylic acids is 1. The summed E-state index contributed by atoms with van der Waals surface area (Å²) in [6.07, 6.45) is -9.91. The molecule has 1 saturated heterocycles. The van der Waals surface area contributed by atoms with Gasteiger partial charge in [-0.05, 0) is 64.0 Å². The van der Waals surface area contributed by atoms with E-state index in [0.717, 1.165) is 7.05 Å². The SMILES string of the molecule is [2H]c1c([2H])c(C)c([2H])c(CC2(CC(=O)OC([2H])([2H])C([2H])([2H])[2H])C([2H])([2H])C([2H])([2H])N(C)C([2H])([2H])C2([2H])[2H])c1[2H]. The van der Waals surface area contributed by atoms with Crippen LogP contribution in [0, 0.1) is 12.3 Å². The molecule has 0 atom stereocenters. The number of nitrogens with zero attached hydrogens (tertiary/aromatic N) is 1. The first-order chi connectivity index (χ1) is 16.7. The molecule has 3 nitrogen and oxygen atoms in total. The van der Waals surface area contributed by atoms with Gasteiger partial charge in [0.2, 0.25) is 0 Å². The van der Waals surface area contributed by atoms with Gasteiger partial charge in [-0.1, -0.05) is 29.7 Å². The number of rotatable bonds is 5. The van der Waals surface area contributed by atoms with Gasteiger partial charge in [-0.15, -0.1) is 0 Å². The Morgan fingerprint density at radius 1 is 1.57 bits per heavy atom. The van der Waals surface area contributed by atoms with Crippen LogP contribution in [0.1, 0.15) is 60.4 Å². The Hall–Kier alpha value is -1.35. The van der Waals surface area contributed by atoms with Gasteiger partial charge in [-0.2, -0.15) is 0 Å². The summed E-state index contributed by atoms with van der Waals surface area (Å²) in [4.78, 5) is 13.1. The van der Waals surface area contributed by atoms with Gasteiger partial charge in [0.05, 0.1) is 21.2 Å². The number of hydrogen-bond acceptors (Lipinski definition) is 3. The van der Waals surface area contributed by atoms with E-state index < -0.39 is 93.1 Å². The molecule has 0 spiro atoms. The van der Waals surface area contributed by atoms with E-state index in [1.54, 1.807) is 0 Å². The fourth-order valence-electron chi connectivity index (χ4n) is 1.90. The molecule has 1 aromatic rings. The highest BCUT2D eigenvalue weighted by Gasteiger charge is 2.36. The molecule has 0 aromatic heterocycles. The van der Waals surface area contributed by atoms with Crippen molar-refractivity contribution in [2.75, 3.05) is 26.6 Å². The topological polar surface area (TPSA) is 29.5 Å². The van der Waals surface area contributed by atoms with E-state index in [1.165, 1.54) is 6.92 Å². The predicted octanol–water partition coefficient (Wildman–Crippen LogP) is 3.20. The summed E-state index contributed by atoms with van der Waals surface area (Å²) in [5.74, 6) is -1.84. The molecule has 0 saturated carbocycles. The second-order valence-corrected chi connectivity index (χ2v) is 4.65. The van der Waals surface area contributed by atoms with Gasteiger partial charge in [0.25, 0.3) is 0 Å². The molecule has 0 aliphatic carbocycles. The molecule has 0 bridgehead atoms. The van der Waals surface area contributed by atoms with E-state index in [-0.39, 0.29) is 10.5 Å². The number of esters is 1. The lowest BCUT2D eigenvalue weighted by molar-refractivity contribution is -0.146. The van der Waals surface area contributed by atoms with Gasteiger partial charge in [0.15, 0.2) is 0 Å². The minimum absolute atomic E-state index is 0.155. The van der Waals surface area contributed by atoms with Crippen LogP contribution < -0.4 is 0 Å². The van der Waals surface area contributed by atoms with Gasteiger partial charge in [-0.3, -0.25) is 4.79 Å². The van der Waals surface area contributed by atoms with Crippen LogP contribution in [0.4, 0.5) is 0 Å². The lowest BCUT2D eigenvalue weighted by Gasteiger charge is -2.40. The Morgan fingerprint density at radius 3 is 3.05 bits per heavy atom. The summed E-state index contributed by atoms with van der Waals surface area (Å²) in [7, 11) is 0.776. The zero-order valence-corrected chi connectivity index (χ0v) is 11.7. The third-order valence-corrected chi connectivity index (χ3v) is 2.82. The molecular formula is C18H27NO2. The maximum atomic E-state index is 12.9. The molecule has 2 rings (SSSR count). The number of ether oxygens (including phenoxy) is 1. The number of carbonyl (C=O) groups is 1. The Bertz CT molecular complexity index is 1070. The minimum atomic E-state index is -3.63. The molecule has 1 fully saturated rings. The molecule has 1 aliphatic rings. The van der Waals surface area contributed by atoms with Crippen LogP contribution in [0.2, 0.25) is 0 Å². The van der Waals surface area contributed by atoms with Gasteiger partial charge in [0, 0.05) is 15.1 Å². The van der Waals surface area contributed by atoms with E-state index in [1.807, 2.05) is 0 Å². The maximum Gasteiger partial charge on any atom is 0.306 e. The summed E-state index contributed by atoms with van der Waals surface area (Å²) < 4.78 is 142. The van der Waals surface area contributed by atoms with Gasteiger partial charge >= 0.3 is 5.97 Å². The molecule has 1 heterocycles. The van der Waals surface area contributed by atoms with Crippen LogP contribution in [-0.4, -0.2) is 37.5 Å². The summed E-state index contributed by atoms with van der Waals surface area (Å²) >= 11 is 0. The first-order valence-corrected chi connectivity index (χ1v) is 6.17. The number of hydrogen-bond donors (Lipinski definition) is 0. The largest absolute Gasteiger partial charge is 0.466 e. The number of likely N-dealkylation sites (tertiary alicyclic amines) is 1. The van der Waals surface area contributed by atoms with E-state index >= 15 is 0 Å². The van der Waals surface area contributed by atoms with Crippen molar-refractivity contribution < 1.29 is 32.8 Å². The normalized spacial score (nSPS) is 41.1. The fourth-order valence-corrected chi connectivity index (χ4v) is 1.90. The minimum Gasteiger partial charge on any atom is -0.466 e. The van der Waals surface area contributed by atoms with Crippen molar-refractivity contribution in [2.45, 2.75) is 39.4 Å². The average molecular weight is 307 g/mol. The van der Waals surface area contributed by atoms with Crippen LogP contribution in [0.3, 0.4) is 0 Å². The molecule has 0 radical (unpaired) electrons. The Labute approximate surface area is 152 Å². The van der Waals surface area contributed by atoms with Gasteiger partial charge in [0.1, 0.15) is 0 Å². The molecule has 1 aromatic carbocycles. The molecule has 21 heavy (non-hydrogen) atoms. The van der Waals surface area contributed by atoms with Gasteiger partial charge in [-0.25, -0.2) is 0 Å². The second kappa shape index (κ2) is 7.08. The van der Waals surface area contributed by atoms with Crippen LogP contribution in [0.25, 0.3) is 0 Å². The summed E-state index contributed by atoms with van der Waals surface area (Å²) in [5.41, 5.74) is -3.94. The van der Waals surface area contributed by atoms with Crippen LogP contribution in [0.15, 0.2) is 24.2 Å². The van der Waals surface area contributed by atoms with Crippen molar-refractivity contribution in [2.24, 2.45) is 5.41 Å². The standard InChI is InChI=1S/C18H27NO2/c1-4-21-17(20)14-18(8-10-19(3)11-9-18)13-16-7-5-6-15(2)12-16/h5-7,12H,4,8-11,13-14H2,1-3H3/i1D3,4D2,5D,6D,7D,8D2,9D2,10D2,11D2,12D. The first-order valence-electron chi connectivity index (χ1n) is 14.7. The summed E-state index contributed by atoms with van der Waals surface area (Å²) in [6.45, 7) is -12.6. The number of piperidine rings is 1. The number of benzene rings is 1. The maximum absolute atomic E-state index is 12.9. The zero-order chi connectivity index (χ0) is 30.2. The van der Waals surface area contributed by atoms with Crippen molar-refractivity contribution in [3.05, 3.63) is 35.3 Å². The molecule has 0 amide bonds. The third kappa shape index (κ3) is 4.57. The second-order valence-electron chi connectivity index (χ2n) is 4.65. The van der Waals surface area contributed by atoms with Crippen molar-refractivity contribution in [1.82, 2.24) is 4.90 Å². The monoisotopic (exact) mass is 306 g/mol. The van der Waals surface area contributed by atoms with Gasteiger partial charge < -0.3 is 9.64 Å². The lowest BCUT2D eigenvalue weighted by Crippen LogP contribution is -2.40. The van der Waals surface area contributed by atoms with E-state index in [0.29, 0.717) is 0 Å². The highest BCUT2D eigenvalue weighted by Crippen LogP contribution is 2.38. The van der Waals surface area contributed by atoms with Crippen LogP contribution in [0.5, 0.6) is 0 Å². The summed E-state index contributed by atoms with van der Waals surface area (Å²) in [6, 6.07) is -2.70. The Morgan fingerprint density at radius 2 is 2.33 bits per heavy atom. The van der Waals surface area contributed by atoms with Crippen molar-refractivity contribution in [3.8, 4) is 0 Å². The fraction of sp³-hybridized carbons (Fsp3) is 0.611. The van der Waals surface area contributed by atoms with Crippen molar-refractivity contribution >= 4 is 5.97 Å². The van der Waals surface area contributed by atoms with Crippen LogP contribution >= 0.6 is 0 Å². The Balaban J connectivity index is 2.95. The first kappa shape index (κ1) is 4.82. The smallest absolute Gasteiger partial charge is 0.306 e. The quantitative estimate of drug-likeness (QED) is 0.782. The summed E-state index contributed by atoms with van der Waals surface area (Å²) in [5, 5.41) is 0. The molecule has 116 valence electrons. The molecule has 3 heteroatoms. The van der Waals surface area contributed by atoms with Crippen molar-refractivity contribution in [1.29, 1.82) is 0 Å². The third-order valence-electron chi connectivity index (χ3n) is 2.82. The molecule has 0 N–H and O–H groups in total. The zero-order valence-electron chi connectivity index (χ0n) is 28.7. The molecule has 0 unspecified atom stereocenters. The van der Waals surface area contributed by atoms with E-state index in [4.69, 9.17) is 23.3 Å². The lowest BCUT2D eigenvalue weighted by atomic mass is 9.71. The Kier molecular flexibility index (Phi) is 1.63.